The van der Waals surface area contributed by atoms with E-state index in [1.54, 1.807) is 6.92 Å². The molecule has 120 valence electrons. The van der Waals surface area contributed by atoms with Crippen LogP contribution in [-0.2, 0) is 4.79 Å². The van der Waals surface area contributed by atoms with Gasteiger partial charge < -0.3 is 15.0 Å². The maximum absolute atomic E-state index is 10.5. The number of hydrogen-bond acceptors (Lipinski definition) is 6. The zero-order chi connectivity index (χ0) is 17.0. The summed E-state index contributed by atoms with van der Waals surface area (Å²) in [4.78, 5) is 8.89. The number of carboxylic acid groups (broad SMARTS) is 1. The third kappa shape index (κ3) is 4.19. The van der Waals surface area contributed by atoms with E-state index in [4.69, 9.17) is 9.90 Å². The number of benzene rings is 1. The van der Waals surface area contributed by atoms with Crippen LogP contribution in [-0.4, -0.2) is 47.2 Å². The summed E-state index contributed by atoms with van der Waals surface area (Å²) < 4.78 is 0.150. The number of carboxylic acids is 1. The molecule has 0 aromatic heterocycles. The first kappa shape index (κ1) is 17.9. The molecule has 0 spiro atoms. The van der Waals surface area contributed by atoms with Crippen LogP contribution >= 0.6 is 0 Å². The second-order valence-corrected chi connectivity index (χ2v) is 5.68. The van der Waals surface area contributed by atoms with Crippen molar-refractivity contribution in [3.8, 4) is 0 Å². The highest BCUT2D eigenvalue weighted by molar-refractivity contribution is 5.88. The van der Waals surface area contributed by atoms with Crippen LogP contribution in [0.4, 0.5) is 5.69 Å². The molecule has 0 radical (unpaired) electrons. The third-order valence-corrected chi connectivity index (χ3v) is 3.47. The van der Waals surface area contributed by atoms with Gasteiger partial charge in [0.15, 0.2) is 6.04 Å². The summed E-state index contributed by atoms with van der Waals surface area (Å²) in [6.45, 7) is 4.58. The molecule has 2 rings (SSSR count). The van der Waals surface area contributed by atoms with Gasteiger partial charge >= 0.3 is 0 Å². The lowest BCUT2D eigenvalue weighted by atomic mass is 10.0. The second kappa shape index (κ2) is 6.76. The number of quaternary nitrogens is 1. The quantitative estimate of drug-likeness (QED) is 0.653. The smallest absolute Gasteiger partial charge is 0.252 e. The Morgan fingerprint density at radius 2 is 1.86 bits per heavy atom. The van der Waals surface area contributed by atoms with Gasteiger partial charge in [-0.1, -0.05) is 23.3 Å². The molecule has 1 aromatic rings. The molecule has 0 saturated carbocycles. The third-order valence-electron chi connectivity index (χ3n) is 3.47. The van der Waals surface area contributed by atoms with Crippen molar-refractivity contribution >= 4 is 17.4 Å². The maximum Gasteiger partial charge on any atom is 0.252 e. The average molecular weight is 306 g/mol. The Bertz CT molecular complexity index is 576. The highest BCUT2D eigenvalue weighted by Gasteiger charge is 2.55. The fraction of sp³-hybridized carbons (Fsp3) is 0.467. The Morgan fingerprint density at radius 1 is 1.36 bits per heavy atom. The fourth-order valence-corrected chi connectivity index (χ4v) is 2.06. The monoisotopic (exact) mass is 306 g/mol. The van der Waals surface area contributed by atoms with Crippen LogP contribution in [0.15, 0.2) is 45.7 Å². The Hall–Kier alpha value is -2.12. The van der Waals surface area contributed by atoms with Gasteiger partial charge in [0.1, 0.15) is 5.71 Å². The first-order valence-corrected chi connectivity index (χ1v) is 6.84. The molecule has 1 N–H and O–H groups in total. The van der Waals surface area contributed by atoms with Crippen molar-refractivity contribution in [2.45, 2.75) is 32.5 Å². The highest BCUT2D eigenvalue weighted by Crippen LogP contribution is 2.32. The minimum Gasteiger partial charge on any atom is -0.550 e. The number of carbonyl (C=O) groups excluding carboxylic acids is 1. The zero-order valence-electron chi connectivity index (χ0n) is 13.5. The van der Waals surface area contributed by atoms with E-state index in [0.717, 1.165) is 18.3 Å². The molecule has 0 bridgehead atoms. The van der Waals surface area contributed by atoms with Crippen molar-refractivity contribution in [3.05, 3.63) is 30.3 Å². The summed E-state index contributed by atoms with van der Waals surface area (Å²) in [5.41, 5.74) is 0.505. The number of aliphatic carboxylic acids is 1. The van der Waals surface area contributed by atoms with E-state index < -0.39 is 17.7 Å². The van der Waals surface area contributed by atoms with Crippen LogP contribution in [0.3, 0.4) is 0 Å². The molecule has 1 aliphatic heterocycles. The summed E-state index contributed by atoms with van der Waals surface area (Å²) in [5, 5.41) is 32.3. The summed E-state index contributed by atoms with van der Waals surface area (Å²) in [7, 11) is 3.70. The Kier molecular flexibility index (Phi) is 5.51. The molecule has 2 atom stereocenters. The van der Waals surface area contributed by atoms with Crippen molar-refractivity contribution in [1.82, 2.24) is 0 Å². The number of azo groups is 1. The Balaban J connectivity index is 0.000000541. The first-order chi connectivity index (χ1) is 10.1. The largest absolute Gasteiger partial charge is 0.550 e. The molecular weight excluding hydrogens is 284 g/mol. The van der Waals surface area contributed by atoms with Crippen molar-refractivity contribution in [2.75, 3.05) is 14.1 Å². The number of nitrogens with zero attached hydrogens (tertiary/aromatic N) is 4. The molecule has 7 nitrogen and oxygen atoms in total. The molecule has 22 heavy (non-hydrogen) atoms. The lowest BCUT2D eigenvalue weighted by Gasteiger charge is -2.33. The first-order valence-electron chi connectivity index (χ1n) is 6.84. The van der Waals surface area contributed by atoms with Gasteiger partial charge in [0.25, 0.3) is 5.72 Å². The molecule has 0 saturated heterocycles. The van der Waals surface area contributed by atoms with Crippen molar-refractivity contribution in [1.29, 1.82) is 0 Å². The summed E-state index contributed by atoms with van der Waals surface area (Å²) in [6, 6.07) is 9.08. The summed E-state index contributed by atoms with van der Waals surface area (Å²) in [5.74, 6) is -1.08. The van der Waals surface area contributed by atoms with Gasteiger partial charge in [0.2, 0.25) is 0 Å². The van der Waals surface area contributed by atoms with Gasteiger partial charge in [0, 0.05) is 12.9 Å². The van der Waals surface area contributed by atoms with Crippen LogP contribution in [0, 0.1) is 0 Å². The van der Waals surface area contributed by atoms with E-state index in [1.165, 1.54) is 0 Å². The lowest BCUT2D eigenvalue weighted by Crippen LogP contribution is -2.56. The molecular formula is C15H22N4O3. The molecule has 1 aromatic carbocycles. The molecule has 1 heterocycles. The number of carbonyl (C=O) groups is 1. The molecule has 2 unspecified atom stereocenters. The maximum atomic E-state index is 10.5. The van der Waals surface area contributed by atoms with Crippen LogP contribution in [0.1, 0.15) is 20.8 Å². The average Bonchev–Trinajstić information content (AvgIpc) is 2.53. The fourth-order valence-electron chi connectivity index (χ4n) is 2.06. The summed E-state index contributed by atoms with van der Waals surface area (Å²) in [6.07, 6.45) is 0. The van der Waals surface area contributed by atoms with Gasteiger partial charge in [-0.3, -0.25) is 0 Å². The molecule has 0 amide bonds. The number of rotatable bonds is 2. The van der Waals surface area contributed by atoms with Crippen LogP contribution in [0.25, 0.3) is 0 Å². The van der Waals surface area contributed by atoms with Crippen LogP contribution in [0.5, 0.6) is 0 Å². The topological polar surface area (TPSA) is 97.4 Å². The van der Waals surface area contributed by atoms with Gasteiger partial charge in [-0.25, -0.2) is 0 Å². The summed E-state index contributed by atoms with van der Waals surface area (Å²) >= 11 is 0. The van der Waals surface area contributed by atoms with Gasteiger partial charge in [0.05, 0.1) is 19.8 Å². The van der Waals surface area contributed by atoms with E-state index in [0.29, 0.717) is 0 Å². The Labute approximate surface area is 130 Å². The van der Waals surface area contributed by atoms with E-state index >= 15 is 0 Å². The van der Waals surface area contributed by atoms with Gasteiger partial charge in [-0.05, 0) is 26.0 Å². The second-order valence-electron chi connectivity index (χ2n) is 5.68. The molecule has 0 aliphatic carbocycles. The van der Waals surface area contributed by atoms with E-state index in [2.05, 4.69) is 15.3 Å². The SMILES string of the molecule is CC(=O)[O-].CC1=N[N+](C)(C)C(C)(O)C1N=Nc1ccccc1. The van der Waals surface area contributed by atoms with E-state index in [1.807, 2.05) is 51.4 Å². The van der Waals surface area contributed by atoms with Crippen LogP contribution < -0.4 is 5.11 Å². The normalized spacial score (nSPS) is 26.3. The zero-order valence-corrected chi connectivity index (χ0v) is 13.5. The predicted molar refractivity (Wildman–Crippen MR) is 81.3 cm³/mol. The van der Waals surface area contributed by atoms with E-state index in [-0.39, 0.29) is 4.59 Å². The molecule has 7 heteroatoms. The highest BCUT2D eigenvalue weighted by atomic mass is 16.4. The predicted octanol–water partition coefficient (Wildman–Crippen LogP) is 1.07. The van der Waals surface area contributed by atoms with E-state index in [9.17, 15) is 5.11 Å². The van der Waals surface area contributed by atoms with Gasteiger partial charge in [-0.15, -0.1) is 0 Å². The number of hydrogen-bond donors (Lipinski definition) is 1. The Morgan fingerprint density at radius 3 is 2.27 bits per heavy atom. The lowest BCUT2D eigenvalue weighted by molar-refractivity contribution is -0.964. The van der Waals surface area contributed by atoms with Crippen molar-refractivity contribution in [2.24, 2.45) is 15.3 Å². The van der Waals surface area contributed by atoms with Crippen molar-refractivity contribution < 1.29 is 19.6 Å². The number of likely N-dealkylation sites (N-methyl/N-ethyl adjacent to an activating group) is 1. The number of aliphatic hydroxyl groups is 1. The minimum absolute atomic E-state index is 0.150. The van der Waals surface area contributed by atoms with Crippen molar-refractivity contribution in [3.63, 3.8) is 0 Å². The minimum atomic E-state index is -1.08. The molecule has 0 fully saturated rings. The molecule has 1 aliphatic rings. The standard InChI is InChI=1S/C13H19N4O.C2H4O2/c1-10-12(13(2,18)17(3,4)16-10)15-14-11-8-6-5-7-9-11;1-2(3)4/h5-9,12,18H,1-4H3;1H3,(H,3,4)/q+1;/p-1. The van der Waals surface area contributed by atoms with Gasteiger partial charge in [-0.2, -0.15) is 14.8 Å². The van der Waals surface area contributed by atoms with Crippen LogP contribution in [0.2, 0.25) is 0 Å².